The molecular weight excluding hydrogens is 284 g/mol. The molecule has 0 spiro atoms. The van der Waals surface area contributed by atoms with Crippen LogP contribution in [0.4, 0.5) is 16.4 Å². The fourth-order valence-electron chi connectivity index (χ4n) is 2.67. The van der Waals surface area contributed by atoms with E-state index in [1.54, 1.807) is 11.3 Å². The van der Waals surface area contributed by atoms with Gasteiger partial charge in [0.25, 0.3) is 0 Å². The monoisotopic (exact) mass is 298 g/mol. The van der Waals surface area contributed by atoms with Crippen molar-refractivity contribution in [2.45, 2.75) is 6.42 Å². The number of thiophene rings is 2. The van der Waals surface area contributed by atoms with Gasteiger partial charge in [-0.2, -0.15) is 0 Å². The molecule has 0 atom stereocenters. The molecule has 1 aliphatic heterocycles. The summed E-state index contributed by atoms with van der Waals surface area (Å²) in [7, 11) is 0. The average Bonchev–Trinajstić information content (AvgIpc) is 3.17. The highest BCUT2D eigenvalue weighted by molar-refractivity contribution is 7.23. The summed E-state index contributed by atoms with van der Waals surface area (Å²) >= 11 is 3.66. The lowest BCUT2D eigenvalue weighted by Gasteiger charge is -2.17. The smallest absolute Gasteiger partial charge is 0.0959 e. The molecule has 0 aliphatic carbocycles. The Morgan fingerprint density at radius 1 is 1.05 bits per heavy atom. The molecule has 2 aromatic heterocycles. The van der Waals surface area contributed by atoms with Crippen LogP contribution < -0.4 is 10.6 Å². The van der Waals surface area contributed by atoms with E-state index in [0.29, 0.717) is 0 Å². The molecule has 1 aromatic carbocycles. The number of hydrogen-bond donors (Lipinski definition) is 1. The minimum atomic E-state index is 0.857. The lowest BCUT2D eigenvalue weighted by molar-refractivity contribution is 1.01. The Balaban J connectivity index is 1.70. The third kappa shape index (κ3) is 1.92. The maximum absolute atomic E-state index is 5.87. The van der Waals surface area contributed by atoms with Crippen molar-refractivity contribution in [3.63, 3.8) is 0 Å². The van der Waals surface area contributed by atoms with E-state index in [4.69, 9.17) is 5.73 Å². The van der Waals surface area contributed by atoms with Gasteiger partial charge in [-0.05, 0) is 53.8 Å². The van der Waals surface area contributed by atoms with E-state index in [2.05, 4.69) is 46.7 Å². The highest BCUT2D eigenvalue weighted by Gasteiger charge is 2.21. The first-order valence-corrected chi connectivity index (χ1v) is 8.30. The van der Waals surface area contributed by atoms with Crippen LogP contribution in [0, 0.1) is 0 Å². The minimum Gasteiger partial charge on any atom is -0.399 e. The van der Waals surface area contributed by atoms with Gasteiger partial charge in [-0.15, -0.1) is 22.7 Å². The molecule has 2 nitrogen and oxygen atoms in total. The van der Waals surface area contributed by atoms with Crippen LogP contribution in [0.15, 0.2) is 47.8 Å². The van der Waals surface area contributed by atoms with Crippen LogP contribution in [0.5, 0.6) is 0 Å². The van der Waals surface area contributed by atoms with E-state index in [1.807, 2.05) is 17.4 Å². The van der Waals surface area contributed by atoms with Gasteiger partial charge >= 0.3 is 0 Å². The molecule has 4 rings (SSSR count). The zero-order valence-electron chi connectivity index (χ0n) is 10.9. The molecule has 100 valence electrons. The number of nitrogens with two attached hydrogens (primary N) is 1. The standard InChI is InChI=1S/C16H14N2S2/c17-12-3-4-13-11(10-12)7-8-18(13)16-6-5-15(20-16)14-2-1-9-19-14/h1-6,9-10H,7-8,17H2. The number of nitrogen functional groups attached to an aromatic ring is 1. The third-order valence-corrected chi connectivity index (χ3v) is 5.79. The largest absolute Gasteiger partial charge is 0.399 e. The summed E-state index contributed by atoms with van der Waals surface area (Å²) in [5.74, 6) is 0. The van der Waals surface area contributed by atoms with Crippen LogP contribution in [-0.2, 0) is 6.42 Å². The Morgan fingerprint density at radius 2 is 2.00 bits per heavy atom. The van der Waals surface area contributed by atoms with E-state index < -0.39 is 0 Å². The van der Waals surface area contributed by atoms with Crippen LogP contribution in [0.25, 0.3) is 9.75 Å². The summed E-state index contributed by atoms with van der Waals surface area (Å²) in [6.45, 7) is 1.04. The van der Waals surface area contributed by atoms with Gasteiger partial charge in [-0.1, -0.05) is 6.07 Å². The lowest BCUT2D eigenvalue weighted by atomic mass is 10.1. The van der Waals surface area contributed by atoms with Gasteiger partial charge in [-0.25, -0.2) is 0 Å². The molecule has 0 saturated heterocycles. The molecular formula is C16H14N2S2. The molecule has 0 bridgehead atoms. The highest BCUT2D eigenvalue weighted by Crippen LogP contribution is 2.42. The summed E-state index contributed by atoms with van der Waals surface area (Å²) in [6, 6.07) is 15.0. The Morgan fingerprint density at radius 3 is 2.85 bits per heavy atom. The van der Waals surface area contributed by atoms with Crippen molar-refractivity contribution in [1.82, 2.24) is 0 Å². The molecule has 0 fully saturated rings. The van der Waals surface area contributed by atoms with Crippen molar-refractivity contribution < 1.29 is 0 Å². The molecule has 0 unspecified atom stereocenters. The average molecular weight is 298 g/mol. The maximum atomic E-state index is 5.87. The number of anilines is 3. The predicted molar refractivity (Wildman–Crippen MR) is 89.2 cm³/mol. The summed E-state index contributed by atoms with van der Waals surface area (Å²) in [6.07, 6.45) is 1.08. The Kier molecular flexibility index (Phi) is 2.79. The summed E-state index contributed by atoms with van der Waals surface area (Å²) in [5, 5.41) is 3.44. The molecule has 4 heteroatoms. The van der Waals surface area contributed by atoms with Crippen molar-refractivity contribution in [2.24, 2.45) is 0 Å². The first kappa shape index (κ1) is 12.0. The van der Waals surface area contributed by atoms with Gasteiger partial charge in [0.2, 0.25) is 0 Å². The minimum absolute atomic E-state index is 0.857. The zero-order chi connectivity index (χ0) is 13.5. The highest BCUT2D eigenvalue weighted by atomic mass is 32.1. The van der Waals surface area contributed by atoms with Crippen molar-refractivity contribution in [2.75, 3.05) is 17.2 Å². The fraction of sp³-hybridized carbons (Fsp3) is 0.125. The first-order valence-electron chi connectivity index (χ1n) is 6.61. The SMILES string of the molecule is Nc1ccc2c(c1)CCN2c1ccc(-c2cccs2)s1. The molecule has 0 amide bonds. The van der Waals surface area contributed by atoms with Gasteiger partial charge in [0.1, 0.15) is 0 Å². The van der Waals surface area contributed by atoms with Crippen LogP contribution in [0.2, 0.25) is 0 Å². The molecule has 20 heavy (non-hydrogen) atoms. The first-order chi connectivity index (χ1) is 9.81. The number of fused-ring (bicyclic) bond motifs is 1. The van der Waals surface area contributed by atoms with Gasteiger partial charge in [-0.3, -0.25) is 0 Å². The number of nitrogens with zero attached hydrogens (tertiary/aromatic N) is 1. The molecule has 0 radical (unpaired) electrons. The van der Waals surface area contributed by atoms with Crippen molar-refractivity contribution in [1.29, 1.82) is 0 Å². The molecule has 0 saturated carbocycles. The van der Waals surface area contributed by atoms with E-state index in [9.17, 15) is 0 Å². The summed E-state index contributed by atoms with van der Waals surface area (Å²) < 4.78 is 0. The Labute approximate surface area is 126 Å². The van der Waals surface area contributed by atoms with Gasteiger partial charge < -0.3 is 10.6 Å². The second kappa shape index (κ2) is 4.65. The Bertz CT molecular complexity index is 744. The Hall–Kier alpha value is -1.78. The molecule has 3 heterocycles. The number of benzene rings is 1. The van der Waals surface area contributed by atoms with E-state index in [0.717, 1.165) is 18.7 Å². The van der Waals surface area contributed by atoms with E-state index >= 15 is 0 Å². The summed E-state index contributed by atoms with van der Waals surface area (Å²) in [4.78, 5) is 5.09. The van der Waals surface area contributed by atoms with Gasteiger partial charge in [0.05, 0.1) is 5.00 Å². The quantitative estimate of drug-likeness (QED) is 0.692. The van der Waals surface area contributed by atoms with E-state index in [1.165, 1.54) is 26.0 Å². The second-order valence-electron chi connectivity index (χ2n) is 4.90. The number of rotatable bonds is 2. The van der Waals surface area contributed by atoms with Crippen LogP contribution in [-0.4, -0.2) is 6.54 Å². The van der Waals surface area contributed by atoms with Crippen LogP contribution in [0.1, 0.15) is 5.56 Å². The van der Waals surface area contributed by atoms with Crippen molar-refractivity contribution in [3.8, 4) is 9.75 Å². The normalized spacial score (nSPS) is 13.7. The third-order valence-electron chi connectivity index (χ3n) is 3.62. The molecule has 3 aromatic rings. The second-order valence-corrected chi connectivity index (χ2v) is 6.91. The van der Waals surface area contributed by atoms with Gasteiger partial charge in [0.15, 0.2) is 0 Å². The topological polar surface area (TPSA) is 29.3 Å². The predicted octanol–water partition coefficient (Wildman–Crippen LogP) is 4.75. The van der Waals surface area contributed by atoms with Crippen molar-refractivity contribution >= 4 is 39.0 Å². The summed E-state index contributed by atoms with van der Waals surface area (Å²) in [5.41, 5.74) is 9.39. The van der Waals surface area contributed by atoms with Gasteiger partial charge in [0, 0.05) is 27.7 Å². The maximum Gasteiger partial charge on any atom is 0.0959 e. The lowest BCUT2D eigenvalue weighted by Crippen LogP contribution is -2.11. The molecule has 2 N–H and O–H groups in total. The fourth-order valence-corrected chi connectivity index (χ4v) is 4.55. The van der Waals surface area contributed by atoms with Crippen LogP contribution >= 0.6 is 22.7 Å². The van der Waals surface area contributed by atoms with E-state index in [-0.39, 0.29) is 0 Å². The van der Waals surface area contributed by atoms with Crippen molar-refractivity contribution in [3.05, 3.63) is 53.4 Å². The zero-order valence-corrected chi connectivity index (χ0v) is 12.5. The number of hydrogen-bond acceptors (Lipinski definition) is 4. The van der Waals surface area contributed by atoms with Crippen LogP contribution in [0.3, 0.4) is 0 Å². The molecule has 1 aliphatic rings.